The third-order valence-corrected chi connectivity index (χ3v) is 9.18. The van der Waals surface area contributed by atoms with Crippen molar-refractivity contribution in [1.29, 1.82) is 0 Å². The number of halogens is 1. The van der Waals surface area contributed by atoms with Gasteiger partial charge in [-0.25, -0.2) is 0 Å². The van der Waals surface area contributed by atoms with E-state index >= 15 is 0 Å². The fourth-order valence-electron chi connectivity index (χ4n) is 6.88. The molecule has 2 heterocycles. The van der Waals surface area contributed by atoms with Crippen LogP contribution in [0.3, 0.4) is 0 Å². The summed E-state index contributed by atoms with van der Waals surface area (Å²) in [6.45, 7) is 6.89. The average Bonchev–Trinajstić information content (AvgIpc) is 3.55. The lowest BCUT2D eigenvalue weighted by molar-refractivity contribution is -0.123. The molecule has 4 aliphatic rings. The average molecular weight is 492 g/mol. The smallest absolute Gasteiger partial charge is 0.255 e. The number of nitrogens with zero attached hydrogens (tertiary/aromatic N) is 3. The number of carbonyl (C=O) groups is 3. The van der Waals surface area contributed by atoms with E-state index in [1.54, 1.807) is 18.2 Å². The molecule has 182 valence electrons. The molecule has 6 nitrogen and oxygen atoms in total. The Morgan fingerprint density at radius 2 is 1.57 bits per heavy atom. The number of fused-ring (bicyclic) bond motifs is 5. The number of imide groups is 1. The van der Waals surface area contributed by atoms with Gasteiger partial charge < -0.3 is 9.80 Å². The minimum atomic E-state index is -0.186. The lowest BCUT2D eigenvalue weighted by Gasteiger charge is -2.37. The number of hydrogen-bond acceptors (Lipinski definition) is 4. The SMILES string of the molecule is Cc1cccc(N2CCN(C(=O)c3cc(N4C(=O)[C@@H]5[C@H]6CC[C@@H](C6)[C@H]5C4=O)ccc3Cl)CC2)c1C. The monoisotopic (exact) mass is 491 g/mol. The van der Waals surface area contributed by atoms with E-state index in [2.05, 4.69) is 36.9 Å². The molecule has 4 atom stereocenters. The summed E-state index contributed by atoms with van der Waals surface area (Å²) in [5, 5.41) is 0.343. The minimum Gasteiger partial charge on any atom is -0.368 e. The highest BCUT2D eigenvalue weighted by atomic mass is 35.5. The van der Waals surface area contributed by atoms with Gasteiger partial charge in [-0.05, 0) is 80.3 Å². The highest BCUT2D eigenvalue weighted by molar-refractivity contribution is 6.34. The highest BCUT2D eigenvalue weighted by Gasteiger charge is 2.61. The predicted molar refractivity (Wildman–Crippen MR) is 136 cm³/mol. The normalized spacial score (nSPS) is 27.7. The summed E-state index contributed by atoms with van der Waals surface area (Å²) in [5.74, 6) is -0.0770. The zero-order valence-electron chi connectivity index (χ0n) is 20.2. The summed E-state index contributed by atoms with van der Waals surface area (Å²) in [7, 11) is 0. The van der Waals surface area contributed by atoms with Crippen molar-refractivity contribution >= 4 is 40.7 Å². The summed E-state index contributed by atoms with van der Waals surface area (Å²) in [4.78, 5) is 45.4. The zero-order chi connectivity index (χ0) is 24.4. The molecule has 0 N–H and O–H groups in total. The van der Waals surface area contributed by atoms with Gasteiger partial charge in [0.25, 0.3) is 5.91 Å². The second-order valence-electron chi connectivity index (χ2n) is 10.6. The molecular weight excluding hydrogens is 462 g/mol. The molecule has 2 aliphatic heterocycles. The fourth-order valence-corrected chi connectivity index (χ4v) is 7.08. The molecule has 2 saturated heterocycles. The van der Waals surface area contributed by atoms with Gasteiger partial charge in [0, 0.05) is 31.9 Å². The lowest BCUT2D eigenvalue weighted by Crippen LogP contribution is -2.49. The Kier molecular flexibility index (Phi) is 5.40. The van der Waals surface area contributed by atoms with E-state index < -0.39 is 0 Å². The van der Waals surface area contributed by atoms with Gasteiger partial charge in [-0.15, -0.1) is 0 Å². The summed E-state index contributed by atoms with van der Waals surface area (Å²) in [5.41, 5.74) is 4.55. The van der Waals surface area contributed by atoms with Gasteiger partial charge in [0.2, 0.25) is 11.8 Å². The van der Waals surface area contributed by atoms with Gasteiger partial charge in [-0.3, -0.25) is 19.3 Å². The minimum absolute atomic E-state index is 0.102. The van der Waals surface area contributed by atoms with Crippen molar-refractivity contribution in [1.82, 2.24) is 4.90 Å². The van der Waals surface area contributed by atoms with Gasteiger partial charge in [0.1, 0.15) is 0 Å². The van der Waals surface area contributed by atoms with Crippen LogP contribution in [0.15, 0.2) is 36.4 Å². The number of benzene rings is 2. The first-order chi connectivity index (χ1) is 16.8. The standard InChI is InChI=1S/C28H30ClN3O3/c1-16-4-3-5-23(17(16)2)30-10-12-31(13-11-30)26(33)21-15-20(8-9-22(21)29)32-27(34)24-18-6-7-19(14-18)25(24)28(32)35/h3-5,8-9,15,18-19,24-25H,6-7,10-14H2,1-2H3/t18-,19-,24+,25+/m0/s1. The molecule has 2 aliphatic carbocycles. The van der Waals surface area contributed by atoms with Gasteiger partial charge in [0.05, 0.1) is 28.1 Å². The lowest BCUT2D eigenvalue weighted by atomic mass is 9.81. The molecule has 2 bridgehead atoms. The molecule has 2 saturated carbocycles. The molecule has 35 heavy (non-hydrogen) atoms. The van der Waals surface area contributed by atoms with Crippen LogP contribution >= 0.6 is 11.6 Å². The summed E-state index contributed by atoms with van der Waals surface area (Å²) < 4.78 is 0. The second kappa shape index (κ2) is 8.37. The van der Waals surface area contributed by atoms with Crippen molar-refractivity contribution in [2.45, 2.75) is 33.1 Å². The Labute approximate surface area is 210 Å². The van der Waals surface area contributed by atoms with Crippen LogP contribution < -0.4 is 9.80 Å². The number of hydrogen-bond donors (Lipinski definition) is 0. The maximum atomic E-state index is 13.5. The molecule has 0 spiro atoms. The second-order valence-corrected chi connectivity index (χ2v) is 11.0. The van der Waals surface area contributed by atoms with Gasteiger partial charge >= 0.3 is 0 Å². The molecule has 2 aromatic rings. The topological polar surface area (TPSA) is 60.9 Å². The number of aryl methyl sites for hydroxylation is 1. The summed E-state index contributed by atoms with van der Waals surface area (Å²) in [6, 6.07) is 11.3. The molecule has 3 amide bonds. The molecule has 7 heteroatoms. The van der Waals surface area contributed by atoms with Crippen molar-refractivity contribution in [3.63, 3.8) is 0 Å². The van der Waals surface area contributed by atoms with E-state index in [0.29, 0.717) is 41.2 Å². The first-order valence-corrected chi connectivity index (χ1v) is 13.0. The molecule has 4 fully saturated rings. The van der Waals surface area contributed by atoms with E-state index in [4.69, 9.17) is 11.6 Å². The highest BCUT2D eigenvalue weighted by Crippen LogP contribution is 2.56. The molecule has 2 aromatic carbocycles. The number of amides is 3. The van der Waals surface area contributed by atoms with E-state index in [1.807, 2.05) is 4.90 Å². The number of piperazine rings is 1. The quantitative estimate of drug-likeness (QED) is 0.595. The Morgan fingerprint density at radius 3 is 2.23 bits per heavy atom. The largest absolute Gasteiger partial charge is 0.368 e. The first-order valence-electron chi connectivity index (χ1n) is 12.6. The van der Waals surface area contributed by atoms with E-state index in [9.17, 15) is 14.4 Å². The fraction of sp³-hybridized carbons (Fsp3) is 0.464. The van der Waals surface area contributed by atoms with E-state index in [1.165, 1.54) is 21.7 Å². The van der Waals surface area contributed by atoms with Crippen molar-refractivity contribution in [2.75, 3.05) is 36.0 Å². The van der Waals surface area contributed by atoms with Crippen LogP contribution in [-0.2, 0) is 9.59 Å². The molecule has 0 aromatic heterocycles. The van der Waals surface area contributed by atoms with Crippen LogP contribution in [0.1, 0.15) is 40.7 Å². The Morgan fingerprint density at radius 1 is 0.914 bits per heavy atom. The van der Waals surface area contributed by atoms with E-state index in [-0.39, 0.29) is 29.6 Å². The van der Waals surface area contributed by atoms with Gasteiger partial charge in [0.15, 0.2) is 0 Å². The van der Waals surface area contributed by atoms with Gasteiger partial charge in [-0.1, -0.05) is 23.7 Å². The third kappa shape index (κ3) is 3.48. The van der Waals surface area contributed by atoms with Crippen LogP contribution in [0.5, 0.6) is 0 Å². The van der Waals surface area contributed by atoms with Crippen molar-refractivity contribution in [3.05, 3.63) is 58.1 Å². The number of anilines is 2. The zero-order valence-corrected chi connectivity index (χ0v) is 20.9. The maximum absolute atomic E-state index is 13.5. The Balaban J connectivity index is 1.20. The van der Waals surface area contributed by atoms with Crippen LogP contribution in [0, 0.1) is 37.5 Å². The molecule has 0 radical (unpaired) electrons. The Hall–Kier alpha value is -2.86. The third-order valence-electron chi connectivity index (χ3n) is 8.85. The van der Waals surface area contributed by atoms with Crippen LogP contribution in [0.2, 0.25) is 5.02 Å². The predicted octanol–water partition coefficient (Wildman–Crippen LogP) is 4.45. The van der Waals surface area contributed by atoms with Crippen molar-refractivity contribution < 1.29 is 14.4 Å². The number of carbonyl (C=O) groups excluding carboxylic acids is 3. The first kappa shape index (κ1) is 22.6. The Bertz CT molecular complexity index is 1210. The molecule has 6 rings (SSSR count). The molecule has 0 unspecified atom stereocenters. The van der Waals surface area contributed by atoms with Crippen LogP contribution in [0.4, 0.5) is 11.4 Å². The maximum Gasteiger partial charge on any atom is 0.255 e. The van der Waals surface area contributed by atoms with Gasteiger partial charge in [-0.2, -0.15) is 0 Å². The molecular formula is C28H30ClN3O3. The van der Waals surface area contributed by atoms with Crippen molar-refractivity contribution in [3.8, 4) is 0 Å². The summed E-state index contributed by atoms with van der Waals surface area (Å²) in [6.07, 6.45) is 3.08. The van der Waals surface area contributed by atoms with E-state index in [0.717, 1.165) is 32.4 Å². The van der Waals surface area contributed by atoms with Crippen LogP contribution in [0.25, 0.3) is 0 Å². The van der Waals surface area contributed by atoms with Crippen molar-refractivity contribution in [2.24, 2.45) is 23.7 Å². The van der Waals surface area contributed by atoms with Crippen LogP contribution in [-0.4, -0.2) is 48.8 Å². The number of rotatable bonds is 3. The summed E-state index contributed by atoms with van der Waals surface area (Å²) >= 11 is 6.46.